The van der Waals surface area contributed by atoms with Gasteiger partial charge in [-0.2, -0.15) is 0 Å². The summed E-state index contributed by atoms with van der Waals surface area (Å²) in [5, 5.41) is 5.48. The normalized spacial score (nSPS) is 16.8. The largest absolute Gasteiger partial charge is 0.493 e. The monoisotopic (exact) mass is 424 g/mol. The molecule has 2 N–H and O–H groups in total. The zero-order valence-corrected chi connectivity index (χ0v) is 18.2. The molecule has 0 aliphatic carbocycles. The van der Waals surface area contributed by atoms with Gasteiger partial charge in [0.1, 0.15) is 6.61 Å². The maximum atomic E-state index is 12.9. The number of nitrogens with one attached hydrogen (secondary N) is 2. The van der Waals surface area contributed by atoms with E-state index in [1.54, 1.807) is 32.2 Å². The van der Waals surface area contributed by atoms with Crippen LogP contribution in [0.4, 0.5) is 4.79 Å². The molecule has 2 atom stereocenters. The SMILES string of the molecule is CC[C@@H](C)OC(=O)C1=C(C)NC(=O)N[C@H]1c1ccc(OC)c(OCc2ccccc2)c1. The highest BCUT2D eigenvalue weighted by atomic mass is 16.5. The number of rotatable bonds is 8. The van der Waals surface area contributed by atoms with E-state index in [1.165, 1.54) is 0 Å². The van der Waals surface area contributed by atoms with E-state index in [0.29, 0.717) is 41.4 Å². The molecule has 7 nitrogen and oxygen atoms in total. The average molecular weight is 424 g/mol. The molecule has 3 rings (SSSR count). The Morgan fingerprint density at radius 3 is 2.55 bits per heavy atom. The number of carbonyl (C=O) groups is 2. The zero-order valence-electron chi connectivity index (χ0n) is 18.2. The number of methoxy groups -OCH3 is 1. The minimum Gasteiger partial charge on any atom is -0.493 e. The van der Waals surface area contributed by atoms with Crippen molar-refractivity contribution in [2.45, 2.75) is 45.9 Å². The number of urea groups is 1. The molecule has 1 aliphatic rings. The number of esters is 1. The van der Waals surface area contributed by atoms with Crippen molar-refractivity contribution < 1.29 is 23.8 Å². The Bertz CT molecular complexity index is 971. The fourth-order valence-electron chi connectivity index (χ4n) is 3.26. The first-order chi connectivity index (χ1) is 14.9. The first-order valence-electron chi connectivity index (χ1n) is 10.3. The van der Waals surface area contributed by atoms with Crippen LogP contribution < -0.4 is 20.1 Å². The summed E-state index contributed by atoms with van der Waals surface area (Å²) in [6.07, 6.45) is 0.467. The van der Waals surface area contributed by atoms with Crippen molar-refractivity contribution >= 4 is 12.0 Å². The minimum atomic E-state index is -0.671. The van der Waals surface area contributed by atoms with Gasteiger partial charge in [0.15, 0.2) is 11.5 Å². The molecule has 0 saturated carbocycles. The lowest BCUT2D eigenvalue weighted by Crippen LogP contribution is -2.45. The molecule has 7 heteroatoms. The van der Waals surface area contributed by atoms with Crippen LogP contribution >= 0.6 is 0 Å². The quantitative estimate of drug-likeness (QED) is 0.619. The third kappa shape index (κ3) is 5.36. The van der Waals surface area contributed by atoms with Crippen LogP contribution in [0.25, 0.3) is 0 Å². The molecule has 1 aliphatic heterocycles. The van der Waals surface area contributed by atoms with Crippen LogP contribution in [0.2, 0.25) is 0 Å². The van der Waals surface area contributed by atoms with Crippen LogP contribution in [0.15, 0.2) is 59.8 Å². The first-order valence-corrected chi connectivity index (χ1v) is 10.3. The maximum Gasteiger partial charge on any atom is 0.338 e. The molecule has 164 valence electrons. The Hall–Kier alpha value is -3.48. The average Bonchev–Trinajstić information content (AvgIpc) is 2.77. The van der Waals surface area contributed by atoms with Gasteiger partial charge in [-0.15, -0.1) is 0 Å². The highest BCUT2D eigenvalue weighted by Crippen LogP contribution is 2.35. The Morgan fingerprint density at radius 2 is 1.87 bits per heavy atom. The number of allylic oxidation sites excluding steroid dienone is 1. The topological polar surface area (TPSA) is 85.9 Å². The molecule has 0 unspecified atom stereocenters. The molecule has 0 radical (unpaired) electrons. The summed E-state index contributed by atoms with van der Waals surface area (Å²) in [5.74, 6) is 0.611. The molecule has 31 heavy (non-hydrogen) atoms. The predicted octanol–water partition coefficient (Wildman–Crippen LogP) is 4.24. The van der Waals surface area contributed by atoms with Gasteiger partial charge in [0.25, 0.3) is 0 Å². The van der Waals surface area contributed by atoms with E-state index in [0.717, 1.165) is 5.56 Å². The Labute approximate surface area is 182 Å². The van der Waals surface area contributed by atoms with E-state index in [4.69, 9.17) is 14.2 Å². The van der Waals surface area contributed by atoms with E-state index in [1.807, 2.05) is 44.2 Å². The number of carbonyl (C=O) groups excluding carboxylic acids is 2. The fourth-order valence-corrected chi connectivity index (χ4v) is 3.26. The van der Waals surface area contributed by atoms with E-state index < -0.39 is 12.0 Å². The van der Waals surface area contributed by atoms with Gasteiger partial charge in [-0.3, -0.25) is 0 Å². The van der Waals surface area contributed by atoms with Gasteiger partial charge >= 0.3 is 12.0 Å². The zero-order chi connectivity index (χ0) is 22.4. The molecule has 0 spiro atoms. The molecular weight excluding hydrogens is 396 g/mol. The number of hydrogen-bond donors (Lipinski definition) is 2. The molecule has 1 heterocycles. The number of benzene rings is 2. The summed E-state index contributed by atoms with van der Waals surface area (Å²) in [6.45, 7) is 5.82. The van der Waals surface area contributed by atoms with Crippen molar-refractivity contribution in [1.82, 2.24) is 10.6 Å². The van der Waals surface area contributed by atoms with E-state index >= 15 is 0 Å². The summed E-state index contributed by atoms with van der Waals surface area (Å²) < 4.78 is 17.0. The van der Waals surface area contributed by atoms with Gasteiger partial charge in [0, 0.05) is 5.70 Å². The highest BCUT2D eigenvalue weighted by Gasteiger charge is 2.33. The summed E-state index contributed by atoms with van der Waals surface area (Å²) in [7, 11) is 1.57. The molecule has 2 aromatic rings. The van der Waals surface area contributed by atoms with Crippen molar-refractivity contribution in [3.63, 3.8) is 0 Å². The fraction of sp³-hybridized carbons (Fsp3) is 0.333. The second-order valence-electron chi connectivity index (χ2n) is 7.38. The van der Waals surface area contributed by atoms with Gasteiger partial charge in [-0.25, -0.2) is 9.59 Å². The lowest BCUT2D eigenvalue weighted by molar-refractivity contribution is -0.144. The van der Waals surface area contributed by atoms with Crippen LogP contribution in [0.5, 0.6) is 11.5 Å². The summed E-state index contributed by atoms with van der Waals surface area (Å²) >= 11 is 0. The van der Waals surface area contributed by atoms with Crippen LogP contribution in [-0.2, 0) is 16.1 Å². The van der Waals surface area contributed by atoms with Crippen molar-refractivity contribution in [2.75, 3.05) is 7.11 Å². The van der Waals surface area contributed by atoms with E-state index in [-0.39, 0.29) is 12.1 Å². The summed E-state index contributed by atoms with van der Waals surface area (Å²) in [6, 6.07) is 14.1. The third-order valence-electron chi connectivity index (χ3n) is 5.13. The number of hydrogen-bond acceptors (Lipinski definition) is 5. The minimum absolute atomic E-state index is 0.230. The molecule has 0 saturated heterocycles. The Kier molecular flexibility index (Phi) is 7.18. The molecule has 0 aromatic heterocycles. The Morgan fingerprint density at radius 1 is 1.13 bits per heavy atom. The van der Waals surface area contributed by atoms with E-state index in [9.17, 15) is 9.59 Å². The van der Waals surface area contributed by atoms with Crippen molar-refractivity contribution in [1.29, 1.82) is 0 Å². The van der Waals surface area contributed by atoms with Crippen molar-refractivity contribution in [3.05, 3.63) is 70.9 Å². The second-order valence-corrected chi connectivity index (χ2v) is 7.38. The predicted molar refractivity (Wildman–Crippen MR) is 117 cm³/mol. The maximum absolute atomic E-state index is 12.9. The molecule has 2 amide bonds. The van der Waals surface area contributed by atoms with Crippen molar-refractivity contribution in [3.8, 4) is 11.5 Å². The standard InChI is InChI=1S/C24H28N2O5/c1-5-15(2)31-23(27)21-16(3)25-24(28)26-22(21)18-11-12-19(29-4)20(13-18)30-14-17-9-7-6-8-10-17/h6-13,15,22H,5,14H2,1-4H3,(H2,25,26,28)/t15-,22+/m1/s1. The second kappa shape index (κ2) is 10.0. The van der Waals surface area contributed by atoms with Crippen LogP contribution in [0.3, 0.4) is 0 Å². The van der Waals surface area contributed by atoms with Gasteiger partial charge in [0.2, 0.25) is 0 Å². The van der Waals surface area contributed by atoms with Crippen LogP contribution in [0.1, 0.15) is 44.4 Å². The first kappa shape index (κ1) is 22.2. The van der Waals surface area contributed by atoms with Crippen molar-refractivity contribution in [2.24, 2.45) is 0 Å². The van der Waals surface area contributed by atoms with Gasteiger partial charge in [0.05, 0.1) is 24.8 Å². The Balaban J connectivity index is 1.92. The lowest BCUT2D eigenvalue weighted by atomic mass is 9.95. The number of ether oxygens (including phenoxy) is 3. The smallest absolute Gasteiger partial charge is 0.338 e. The summed E-state index contributed by atoms with van der Waals surface area (Å²) in [4.78, 5) is 25.0. The molecular formula is C24H28N2O5. The van der Waals surface area contributed by atoms with Gasteiger partial charge < -0.3 is 24.8 Å². The lowest BCUT2D eigenvalue weighted by Gasteiger charge is -2.29. The van der Waals surface area contributed by atoms with Crippen LogP contribution in [0, 0.1) is 0 Å². The molecule has 2 aromatic carbocycles. The highest BCUT2D eigenvalue weighted by molar-refractivity contribution is 5.95. The van der Waals surface area contributed by atoms with Gasteiger partial charge in [-0.1, -0.05) is 43.3 Å². The number of amides is 2. The van der Waals surface area contributed by atoms with Crippen LogP contribution in [-0.4, -0.2) is 25.2 Å². The van der Waals surface area contributed by atoms with E-state index in [2.05, 4.69) is 10.6 Å². The van der Waals surface area contributed by atoms with Gasteiger partial charge in [-0.05, 0) is 43.5 Å². The third-order valence-corrected chi connectivity index (χ3v) is 5.13. The molecule has 0 fully saturated rings. The summed E-state index contributed by atoms with van der Waals surface area (Å²) in [5.41, 5.74) is 2.52. The molecule has 0 bridgehead atoms.